The van der Waals surface area contributed by atoms with E-state index in [4.69, 9.17) is 28.8 Å². The number of ether oxygens (including phenoxy) is 3. The predicted molar refractivity (Wildman–Crippen MR) is 157 cm³/mol. The number of pyridine rings is 1. The number of hydrogen-bond acceptors (Lipinski definition) is 11. The molecule has 1 aromatic heterocycles. The maximum absolute atomic E-state index is 14.2. The van der Waals surface area contributed by atoms with Crippen molar-refractivity contribution in [1.82, 2.24) is 14.8 Å². The highest BCUT2D eigenvalue weighted by atomic mass is 31.2. The van der Waals surface area contributed by atoms with Crippen LogP contribution in [0, 0.1) is 11.6 Å². The summed E-state index contributed by atoms with van der Waals surface area (Å²) in [5, 5.41) is 6.50. The van der Waals surface area contributed by atoms with Gasteiger partial charge in [0.25, 0.3) is 11.8 Å². The molecule has 16 nitrogen and oxygen atoms in total. The Kier molecular flexibility index (Phi) is 11.3. The van der Waals surface area contributed by atoms with Crippen molar-refractivity contribution in [3.8, 4) is 5.75 Å². The summed E-state index contributed by atoms with van der Waals surface area (Å²) in [6, 6.07) is 1.87. The van der Waals surface area contributed by atoms with E-state index in [9.17, 15) is 32.5 Å². The van der Waals surface area contributed by atoms with Crippen LogP contribution >= 0.6 is 7.82 Å². The molecule has 2 bridgehead atoms. The van der Waals surface area contributed by atoms with Crippen molar-refractivity contribution in [2.24, 2.45) is 5.16 Å². The van der Waals surface area contributed by atoms with Gasteiger partial charge in [-0.25, -0.2) is 18.1 Å². The Morgan fingerprint density at radius 2 is 2.00 bits per heavy atom. The molecular formula is C28H33F2N4O12P. The lowest BCUT2D eigenvalue weighted by atomic mass is 10.0. The largest absolute Gasteiger partial charge is 0.511 e. The Morgan fingerprint density at radius 3 is 2.70 bits per heavy atom. The van der Waals surface area contributed by atoms with Gasteiger partial charge >= 0.3 is 14.0 Å². The molecule has 2 aliphatic rings. The molecule has 3 heterocycles. The van der Waals surface area contributed by atoms with Gasteiger partial charge in [-0.05, 0) is 26.8 Å². The van der Waals surface area contributed by atoms with Crippen LogP contribution in [0.2, 0.25) is 0 Å². The van der Waals surface area contributed by atoms with Crippen LogP contribution in [0.1, 0.15) is 66.1 Å². The monoisotopic (exact) mass is 686 g/mol. The van der Waals surface area contributed by atoms with Crippen LogP contribution in [0.5, 0.6) is 5.75 Å². The van der Waals surface area contributed by atoms with Crippen molar-refractivity contribution in [1.29, 1.82) is 0 Å². The molecule has 0 fully saturated rings. The quantitative estimate of drug-likeness (QED) is 0.188. The number of phosphoric acid groups is 1. The molecule has 2 aromatic rings. The second kappa shape index (κ2) is 15.0. The molecule has 2 aliphatic heterocycles. The van der Waals surface area contributed by atoms with Gasteiger partial charge in [-0.1, -0.05) is 11.2 Å². The third kappa shape index (κ3) is 9.12. The molecule has 0 unspecified atom stereocenters. The minimum absolute atomic E-state index is 0.0550. The van der Waals surface area contributed by atoms with Gasteiger partial charge in [-0.2, -0.15) is 0 Å². The number of oxime groups is 1. The fourth-order valence-electron chi connectivity index (χ4n) is 4.90. The van der Waals surface area contributed by atoms with Crippen molar-refractivity contribution < 1.29 is 61.1 Å². The highest BCUT2D eigenvalue weighted by molar-refractivity contribution is 7.46. The van der Waals surface area contributed by atoms with Gasteiger partial charge in [0.1, 0.15) is 29.9 Å². The Hall–Kier alpha value is -4.38. The lowest BCUT2D eigenvalue weighted by molar-refractivity contribution is -0.0234. The second-order valence-corrected chi connectivity index (χ2v) is 12.1. The van der Waals surface area contributed by atoms with Crippen LogP contribution in [0.25, 0.3) is 0 Å². The van der Waals surface area contributed by atoms with E-state index in [0.29, 0.717) is 18.2 Å². The van der Waals surface area contributed by atoms with Crippen molar-refractivity contribution in [2.45, 2.75) is 58.3 Å². The molecule has 0 saturated carbocycles. The van der Waals surface area contributed by atoms with E-state index in [0.717, 1.165) is 12.1 Å². The van der Waals surface area contributed by atoms with E-state index in [1.807, 2.05) is 0 Å². The van der Waals surface area contributed by atoms with Gasteiger partial charge < -0.3 is 43.6 Å². The van der Waals surface area contributed by atoms with E-state index in [1.165, 1.54) is 22.6 Å². The molecule has 0 aliphatic carbocycles. The number of hydrogen-bond donors (Lipinski definition) is 3. The van der Waals surface area contributed by atoms with E-state index in [2.05, 4.69) is 15.0 Å². The van der Waals surface area contributed by atoms with E-state index in [-0.39, 0.29) is 36.9 Å². The fraction of sp³-hybridized carbons (Fsp3) is 0.464. The number of fused-ring (bicyclic) bond motifs is 4. The third-order valence-electron chi connectivity index (χ3n) is 7.22. The lowest BCUT2D eigenvalue weighted by Crippen LogP contribution is -2.50. The van der Waals surface area contributed by atoms with Gasteiger partial charge in [0.2, 0.25) is 18.0 Å². The van der Waals surface area contributed by atoms with Gasteiger partial charge in [0.05, 0.1) is 18.4 Å². The summed E-state index contributed by atoms with van der Waals surface area (Å²) in [4.78, 5) is 77.5. The van der Waals surface area contributed by atoms with Crippen molar-refractivity contribution in [2.75, 3.05) is 26.6 Å². The lowest BCUT2D eigenvalue weighted by Gasteiger charge is -2.40. The maximum Gasteiger partial charge on any atom is 0.511 e. The Labute approximate surface area is 266 Å². The second-order valence-electron chi connectivity index (χ2n) is 10.9. The summed E-state index contributed by atoms with van der Waals surface area (Å²) in [5.41, 5.74) is -1.26. The highest BCUT2D eigenvalue weighted by Gasteiger charge is 2.39. The molecule has 3 N–H and O–H groups in total. The van der Waals surface area contributed by atoms with Crippen LogP contribution < -0.4 is 15.5 Å². The fourth-order valence-corrected chi connectivity index (χ4v) is 5.30. The number of halogens is 2. The number of rotatable bonds is 10. The zero-order valence-corrected chi connectivity index (χ0v) is 26.4. The molecule has 0 saturated heterocycles. The predicted octanol–water partition coefficient (Wildman–Crippen LogP) is 2.62. The average Bonchev–Trinajstić information content (AvgIpc) is 2.99. The summed E-state index contributed by atoms with van der Waals surface area (Å²) < 4.78 is 59.3. The summed E-state index contributed by atoms with van der Waals surface area (Å²) >= 11 is 0. The van der Waals surface area contributed by atoms with Crippen LogP contribution in [-0.4, -0.2) is 81.6 Å². The molecule has 2 amide bonds. The normalized spacial score (nSPS) is 19.8. The standard InChI is InChI=1S/C28H33F2N4O12P/c1-15-8-20-11-33(16(2)6-7-44-32-15)27(37)23-25(42-14-43-28(38)46-17(3)13-45-47(39,40)41)24(35)21(12-34(20)23)26(36)31-10-18-4-5-19(29)9-22(18)30/h4-5,9,12,16-17,20H,6-8,10-11,13-14H2,1-3H3,(H,31,36)(H2,39,40,41)/b32-15-/t16-,17+,20-/m0/s1. The number of nitrogens with one attached hydrogen (secondary N) is 1. The number of nitrogens with zero attached hydrogens (tertiary/aromatic N) is 3. The minimum Gasteiger partial charge on any atom is -0.451 e. The van der Waals surface area contributed by atoms with E-state index >= 15 is 0 Å². The number of benzene rings is 1. The summed E-state index contributed by atoms with van der Waals surface area (Å²) in [7, 11) is -4.83. The third-order valence-corrected chi connectivity index (χ3v) is 7.71. The van der Waals surface area contributed by atoms with Gasteiger partial charge in [-0.15, -0.1) is 0 Å². The average molecular weight is 687 g/mol. The molecule has 4 rings (SSSR count). The first-order valence-electron chi connectivity index (χ1n) is 14.3. The van der Waals surface area contributed by atoms with Crippen LogP contribution in [-0.2, 0) is 29.9 Å². The molecule has 0 spiro atoms. The molecule has 256 valence electrons. The first-order valence-corrected chi connectivity index (χ1v) is 15.8. The van der Waals surface area contributed by atoms with Crippen LogP contribution in [0.15, 0.2) is 34.3 Å². The zero-order chi connectivity index (χ0) is 34.5. The first-order chi connectivity index (χ1) is 22.1. The molecule has 3 atom stereocenters. The number of phosphoric ester groups is 1. The zero-order valence-electron chi connectivity index (χ0n) is 25.5. The Morgan fingerprint density at radius 1 is 1.26 bits per heavy atom. The molecule has 1 aromatic carbocycles. The van der Waals surface area contributed by atoms with Gasteiger partial charge in [0, 0.05) is 49.8 Å². The first kappa shape index (κ1) is 35.5. The molecule has 19 heteroatoms. The summed E-state index contributed by atoms with van der Waals surface area (Å²) in [6.45, 7) is 3.13. The number of amides is 2. The van der Waals surface area contributed by atoms with Crippen molar-refractivity contribution >= 4 is 31.5 Å². The van der Waals surface area contributed by atoms with Gasteiger partial charge in [0.15, 0.2) is 5.69 Å². The van der Waals surface area contributed by atoms with E-state index in [1.54, 1.807) is 13.8 Å². The number of aromatic nitrogens is 1. The Balaban J connectivity index is 1.66. The maximum atomic E-state index is 14.2. The van der Waals surface area contributed by atoms with Crippen LogP contribution in [0.4, 0.5) is 13.6 Å². The molecule has 0 radical (unpaired) electrons. The molecular weight excluding hydrogens is 653 g/mol. The topological polar surface area (TPSA) is 205 Å². The number of carbonyl (C=O) groups is 3. The SMILES string of the molecule is C/C1=N/OCC[C@H](C)N2C[C@H](C1)n1cc(C(=O)NCc3ccc(F)cc3F)c(=O)c(OCOC(=O)O[C@H](C)COP(=O)(O)O)c1C2=O. The smallest absolute Gasteiger partial charge is 0.451 e. The number of carbonyl (C=O) groups excluding carboxylic acids is 3. The Bertz CT molecular complexity index is 1660. The van der Waals surface area contributed by atoms with Crippen molar-refractivity contribution in [3.05, 3.63) is 63.1 Å². The van der Waals surface area contributed by atoms with E-state index < -0.39 is 86.3 Å². The summed E-state index contributed by atoms with van der Waals surface area (Å²) in [5.74, 6) is -3.92. The minimum atomic E-state index is -4.83. The molecule has 47 heavy (non-hydrogen) atoms. The summed E-state index contributed by atoms with van der Waals surface area (Å²) in [6.07, 6.45) is -0.677. The van der Waals surface area contributed by atoms with Gasteiger partial charge in [-0.3, -0.25) is 18.9 Å². The highest BCUT2D eigenvalue weighted by Crippen LogP contribution is 2.36. The van der Waals surface area contributed by atoms with Crippen LogP contribution in [0.3, 0.4) is 0 Å². The van der Waals surface area contributed by atoms with Crippen molar-refractivity contribution in [3.63, 3.8) is 0 Å².